The van der Waals surface area contributed by atoms with E-state index in [0.717, 1.165) is 5.56 Å². The Morgan fingerprint density at radius 2 is 2.10 bits per heavy atom. The van der Waals surface area contributed by atoms with Crippen LogP contribution in [0.1, 0.15) is 21.5 Å². The van der Waals surface area contributed by atoms with Gasteiger partial charge in [0.2, 0.25) is 0 Å². The summed E-state index contributed by atoms with van der Waals surface area (Å²) in [6.07, 6.45) is 3.12. The summed E-state index contributed by atoms with van der Waals surface area (Å²) in [5.74, 6) is -0.413. The highest BCUT2D eigenvalue weighted by molar-refractivity contribution is 6.34. The number of benzene rings is 1. The molecule has 108 valence electrons. The second-order valence-electron chi connectivity index (χ2n) is 4.38. The molecular formula is C14H13ClN4O2. The molecule has 0 aliphatic carbocycles. The molecule has 1 amide bonds. The predicted octanol–water partition coefficient (Wildman–Crippen LogP) is 2.39. The molecule has 0 aliphatic heterocycles. The van der Waals surface area contributed by atoms with Crippen molar-refractivity contribution in [2.45, 2.75) is 6.92 Å². The Balaban J connectivity index is 2.29. The lowest BCUT2D eigenvalue weighted by molar-refractivity contribution is 0.102. The van der Waals surface area contributed by atoms with E-state index < -0.39 is 0 Å². The maximum Gasteiger partial charge on any atom is 0.257 e. The Morgan fingerprint density at radius 3 is 2.76 bits per heavy atom. The topological polar surface area (TPSA) is 101 Å². The first-order chi connectivity index (χ1) is 10.0. The summed E-state index contributed by atoms with van der Waals surface area (Å²) in [5, 5.41) is 14.6. The number of nitrogens with two attached hydrogens (primary N) is 1. The van der Waals surface area contributed by atoms with E-state index in [4.69, 9.17) is 22.5 Å². The van der Waals surface area contributed by atoms with Gasteiger partial charge in [0.05, 0.1) is 16.3 Å². The van der Waals surface area contributed by atoms with Crippen LogP contribution in [0.5, 0.6) is 0 Å². The van der Waals surface area contributed by atoms with Crippen molar-refractivity contribution in [3.63, 3.8) is 0 Å². The lowest BCUT2D eigenvalue weighted by Crippen LogP contribution is -2.16. The fourth-order valence-corrected chi connectivity index (χ4v) is 1.88. The highest BCUT2D eigenvalue weighted by Gasteiger charge is 2.11. The van der Waals surface area contributed by atoms with Crippen molar-refractivity contribution < 1.29 is 10.0 Å². The third kappa shape index (κ3) is 3.49. The summed E-state index contributed by atoms with van der Waals surface area (Å²) in [5.41, 5.74) is 7.61. The van der Waals surface area contributed by atoms with E-state index in [1.807, 2.05) is 6.92 Å². The molecule has 1 heterocycles. The van der Waals surface area contributed by atoms with Crippen molar-refractivity contribution in [1.29, 1.82) is 0 Å². The van der Waals surface area contributed by atoms with Gasteiger partial charge in [0.15, 0.2) is 5.84 Å². The Bertz CT molecular complexity index is 716. The fourth-order valence-electron chi connectivity index (χ4n) is 1.71. The van der Waals surface area contributed by atoms with Crippen molar-refractivity contribution in [1.82, 2.24) is 4.98 Å². The molecule has 4 N–H and O–H groups in total. The molecule has 1 aromatic carbocycles. The molecule has 0 radical (unpaired) electrons. The molecule has 2 aromatic rings. The minimum absolute atomic E-state index is 0.0700. The zero-order chi connectivity index (χ0) is 15.4. The van der Waals surface area contributed by atoms with Gasteiger partial charge in [-0.05, 0) is 36.8 Å². The molecule has 0 atom stereocenters. The second kappa shape index (κ2) is 6.23. The van der Waals surface area contributed by atoms with Crippen LogP contribution in [-0.4, -0.2) is 21.9 Å². The van der Waals surface area contributed by atoms with Gasteiger partial charge in [0, 0.05) is 18.0 Å². The lowest BCUT2D eigenvalue weighted by Gasteiger charge is -2.09. The number of amides is 1. The van der Waals surface area contributed by atoms with Crippen LogP contribution in [0.25, 0.3) is 0 Å². The number of hydrogen-bond acceptors (Lipinski definition) is 4. The molecule has 0 fully saturated rings. The first-order valence-electron chi connectivity index (χ1n) is 6.01. The largest absolute Gasteiger partial charge is 0.409 e. The van der Waals surface area contributed by atoms with Crippen LogP contribution in [0.3, 0.4) is 0 Å². The van der Waals surface area contributed by atoms with Crippen LogP contribution in [0.15, 0.2) is 41.8 Å². The van der Waals surface area contributed by atoms with E-state index >= 15 is 0 Å². The number of nitrogens with zero attached hydrogens (tertiary/aromatic N) is 2. The molecule has 0 aliphatic rings. The van der Waals surface area contributed by atoms with Crippen molar-refractivity contribution in [2.24, 2.45) is 10.9 Å². The quantitative estimate of drug-likeness (QED) is 0.351. The number of nitrogens with one attached hydrogen (secondary N) is 1. The van der Waals surface area contributed by atoms with Gasteiger partial charge in [-0.1, -0.05) is 16.8 Å². The first kappa shape index (κ1) is 14.8. The fraction of sp³-hybridized carbons (Fsp3) is 0.0714. The molecule has 0 spiro atoms. The van der Waals surface area contributed by atoms with E-state index in [1.165, 1.54) is 12.3 Å². The van der Waals surface area contributed by atoms with Gasteiger partial charge >= 0.3 is 0 Å². The van der Waals surface area contributed by atoms with E-state index in [9.17, 15) is 4.79 Å². The van der Waals surface area contributed by atoms with Crippen molar-refractivity contribution in [3.8, 4) is 0 Å². The summed E-state index contributed by atoms with van der Waals surface area (Å²) < 4.78 is 0. The Labute approximate surface area is 126 Å². The van der Waals surface area contributed by atoms with Crippen LogP contribution in [0, 0.1) is 6.92 Å². The number of rotatable bonds is 3. The number of oxime groups is 1. The number of carbonyl (C=O) groups excluding carboxylic acids is 1. The van der Waals surface area contributed by atoms with Gasteiger partial charge in [0.25, 0.3) is 5.91 Å². The van der Waals surface area contributed by atoms with Crippen LogP contribution < -0.4 is 11.1 Å². The van der Waals surface area contributed by atoms with Gasteiger partial charge in [-0.15, -0.1) is 0 Å². The molecule has 0 unspecified atom stereocenters. The minimum atomic E-state index is -0.343. The molecular weight excluding hydrogens is 292 g/mol. The van der Waals surface area contributed by atoms with Crippen LogP contribution in [0.2, 0.25) is 5.02 Å². The monoisotopic (exact) mass is 304 g/mol. The molecule has 0 saturated carbocycles. The number of amidine groups is 1. The maximum atomic E-state index is 12.1. The highest BCUT2D eigenvalue weighted by atomic mass is 35.5. The smallest absolute Gasteiger partial charge is 0.257 e. The normalized spacial score (nSPS) is 11.2. The van der Waals surface area contributed by atoms with Crippen molar-refractivity contribution >= 4 is 29.0 Å². The molecule has 0 saturated heterocycles. The Morgan fingerprint density at radius 1 is 1.33 bits per heavy atom. The van der Waals surface area contributed by atoms with E-state index in [0.29, 0.717) is 21.8 Å². The van der Waals surface area contributed by atoms with Crippen LogP contribution >= 0.6 is 11.6 Å². The molecule has 21 heavy (non-hydrogen) atoms. The predicted molar refractivity (Wildman–Crippen MR) is 80.9 cm³/mol. The van der Waals surface area contributed by atoms with Gasteiger partial charge < -0.3 is 16.3 Å². The third-order valence-corrected chi connectivity index (χ3v) is 3.08. The maximum absolute atomic E-state index is 12.1. The molecule has 7 heteroatoms. The first-order valence-corrected chi connectivity index (χ1v) is 6.39. The molecule has 1 aromatic heterocycles. The van der Waals surface area contributed by atoms with E-state index in [-0.39, 0.29) is 11.7 Å². The number of hydrogen-bond donors (Lipinski definition) is 3. The lowest BCUT2D eigenvalue weighted by atomic mass is 10.1. The average molecular weight is 305 g/mol. The Kier molecular flexibility index (Phi) is 4.39. The summed E-state index contributed by atoms with van der Waals surface area (Å²) >= 11 is 6.03. The summed E-state index contributed by atoms with van der Waals surface area (Å²) in [4.78, 5) is 16.1. The van der Waals surface area contributed by atoms with Gasteiger partial charge in [0.1, 0.15) is 0 Å². The Hall–Kier alpha value is -2.60. The number of carbonyl (C=O) groups is 1. The molecule has 0 bridgehead atoms. The summed E-state index contributed by atoms with van der Waals surface area (Å²) in [6.45, 7) is 1.84. The second-order valence-corrected chi connectivity index (χ2v) is 4.79. The van der Waals surface area contributed by atoms with Gasteiger partial charge in [-0.2, -0.15) is 0 Å². The standard InChI is InChI=1S/C14H13ClN4O2/c1-8-4-10(7-17-6-8)14(20)18-12-5-9(13(16)19-21)2-3-11(12)15/h2-7,21H,1H3,(H2,16,19)(H,18,20). The molecule has 6 nitrogen and oxygen atoms in total. The summed E-state index contributed by atoms with van der Waals surface area (Å²) in [7, 11) is 0. The van der Waals surface area contributed by atoms with Crippen LogP contribution in [-0.2, 0) is 0 Å². The SMILES string of the molecule is Cc1cncc(C(=O)Nc2cc(/C(N)=N/O)ccc2Cl)c1. The van der Waals surface area contributed by atoms with Gasteiger partial charge in [-0.3, -0.25) is 9.78 Å². The number of aryl methyl sites for hydroxylation is 1. The number of pyridine rings is 1. The summed E-state index contributed by atoms with van der Waals surface area (Å²) in [6, 6.07) is 6.38. The van der Waals surface area contributed by atoms with E-state index in [1.54, 1.807) is 24.4 Å². The minimum Gasteiger partial charge on any atom is -0.409 e. The van der Waals surface area contributed by atoms with Crippen molar-refractivity contribution in [2.75, 3.05) is 5.32 Å². The molecule has 2 rings (SSSR count). The number of halogens is 1. The zero-order valence-corrected chi connectivity index (χ0v) is 11.9. The number of aromatic nitrogens is 1. The number of anilines is 1. The van der Waals surface area contributed by atoms with Crippen LogP contribution in [0.4, 0.5) is 5.69 Å². The third-order valence-electron chi connectivity index (χ3n) is 2.76. The van der Waals surface area contributed by atoms with E-state index in [2.05, 4.69) is 15.5 Å². The van der Waals surface area contributed by atoms with Gasteiger partial charge in [-0.25, -0.2) is 0 Å². The zero-order valence-electron chi connectivity index (χ0n) is 11.2. The van der Waals surface area contributed by atoms with Crippen molar-refractivity contribution in [3.05, 3.63) is 58.4 Å². The highest BCUT2D eigenvalue weighted by Crippen LogP contribution is 2.23. The average Bonchev–Trinajstić information content (AvgIpc) is 2.48.